The first-order valence-electron chi connectivity index (χ1n) is 12.0. The average molecular weight is 423 g/mol. The minimum atomic E-state index is -0.362. The third kappa shape index (κ3) is 6.41. The van der Waals surface area contributed by atoms with Crippen molar-refractivity contribution < 1.29 is 14.3 Å². The van der Waals surface area contributed by atoms with Crippen molar-refractivity contribution >= 4 is 11.8 Å². The molecular weight excluding hydrogens is 380 g/mol. The standard InChI is InChI=1S/C23H42N4O3/c1-17(28)27-16-21(26(12-13-30-2)15-18-6-4-3-5-7-18)14-22(27)23(29)25-20-10-8-19(24)9-11-20/h18-22H,3-16,24H2,1-2H3,(H,25,29). The largest absolute Gasteiger partial charge is 0.383 e. The SMILES string of the molecule is COCCN(CC1CCCCC1)C1CC(C(=O)NC2CCC(N)CC2)N(C(C)=O)C1. The van der Waals surface area contributed by atoms with Gasteiger partial charge >= 0.3 is 0 Å². The maximum Gasteiger partial charge on any atom is 0.243 e. The lowest BCUT2D eigenvalue weighted by molar-refractivity contribution is -0.137. The number of amides is 2. The Bertz CT molecular complexity index is 559. The number of carbonyl (C=O) groups excluding carboxylic acids is 2. The first-order chi connectivity index (χ1) is 14.5. The van der Waals surface area contributed by atoms with Crippen LogP contribution in [0, 0.1) is 5.92 Å². The molecule has 0 bridgehead atoms. The van der Waals surface area contributed by atoms with Crippen LogP contribution in [0.5, 0.6) is 0 Å². The van der Waals surface area contributed by atoms with Crippen LogP contribution in [-0.2, 0) is 14.3 Å². The Labute approximate surface area is 182 Å². The molecule has 1 aliphatic heterocycles. The van der Waals surface area contributed by atoms with E-state index in [4.69, 9.17) is 10.5 Å². The highest BCUT2D eigenvalue weighted by Gasteiger charge is 2.41. The van der Waals surface area contributed by atoms with Crippen LogP contribution in [0.2, 0.25) is 0 Å². The van der Waals surface area contributed by atoms with Gasteiger partial charge in [0.25, 0.3) is 0 Å². The quantitative estimate of drug-likeness (QED) is 0.624. The average Bonchev–Trinajstić information content (AvgIpc) is 3.19. The van der Waals surface area contributed by atoms with E-state index >= 15 is 0 Å². The van der Waals surface area contributed by atoms with Gasteiger partial charge in [-0.2, -0.15) is 0 Å². The molecule has 2 unspecified atom stereocenters. The molecule has 2 atom stereocenters. The van der Waals surface area contributed by atoms with Gasteiger partial charge < -0.3 is 20.7 Å². The first kappa shape index (κ1) is 23.5. The van der Waals surface area contributed by atoms with E-state index in [1.807, 2.05) is 0 Å². The van der Waals surface area contributed by atoms with Crippen LogP contribution < -0.4 is 11.1 Å². The number of nitrogens with zero attached hydrogens (tertiary/aromatic N) is 2. The van der Waals surface area contributed by atoms with Crippen LogP contribution in [0.1, 0.15) is 71.1 Å². The molecular formula is C23H42N4O3. The van der Waals surface area contributed by atoms with Gasteiger partial charge in [0.2, 0.25) is 11.8 Å². The number of nitrogens with one attached hydrogen (secondary N) is 1. The number of likely N-dealkylation sites (tertiary alicyclic amines) is 1. The Hall–Kier alpha value is -1.18. The van der Waals surface area contributed by atoms with Gasteiger partial charge in [-0.05, 0) is 50.9 Å². The number of nitrogens with two attached hydrogens (primary N) is 1. The van der Waals surface area contributed by atoms with E-state index in [0.717, 1.165) is 44.7 Å². The first-order valence-corrected chi connectivity index (χ1v) is 12.0. The Balaban J connectivity index is 1.62. The van der Waals surface area contributed by atoms with Crippen LogP contribution >= 0.6 is 0 Å². The lowest BCUT2D eigenvalue weighted by Crippen LogP contribution is -2.49. The molecule has 0 aromatic carbocycles. The molecule has 1 heterocycles. The number of methoxy groups -OCH3 is 1. The van der Waals surface area contributed by atoms with Crippen LogP contribution in [0.3, 0.4) is 0 Å². The molecule has 0 spiro atoms. The van der Waals surface area contributed by atoms with Gasteiger partial charge in [-0.3, -0.25) is 14.5 Å². The van der Waals surface area contributed by atoms with Crippen LogP contribution in [-0.4, -0.2) is 79.1 Å². The summed E-state index contributed by atoms with van der Waals surface area (Å²) in [6.45, 7) is 4.82. The summed E-state index contributed by atoms with van der Waals surface area (Å²) in [4.78, 5) is 29.7. The molecule has 3 fully saturated rings. The van der Waals surface area contributed by atoms with Crippen molar-refractivity contribution in [2.24, 2.45) is 11.7 Å². The molecule has 0 aromatic rings. The van der Waals surface area contributed by atoms with Crippen molar-refractivity contribution in [1.29, 1.82) is 0 Å². The van der Waals surface area contributed by atoms with Crippen molar-refractivity contribution in [2.75, 3.05) is 33.4 Å². The van der Waals surface area contributed by atoms with Crippen molar-refractivity contribution in [2.45, 2.75) is 95.3 Å². The molecule has 7 nitrogen and oxygen atoms in total. The lowest BCUT2D eigenvalue weighted by atomic mass is 9.88. The summed E-state index contributed by atoms with van der Waals surface area (Å²) < 4.78 is 5.37. The summed E-state index contributed by atoms with van der Waals surface area (Å²) >= 11 is 0. The third-order valence-electron chi connectivity index (χ3n) is 7.42. The zero-order valence-electron chi connectivity index (χ0n) is 19.0. The zero-order valence-corrected chi connectivity index (χ0v) is 19.0. The molecule has 3 rings (SSSR count). The van der Waals surface area contributed by atoms with Gasteiger partial charge in [0, 0.05) is 51.8 Å². The van der Waals surface area contributed by atoms with E-state index in [1.165, 1.54) is 32.1 Å². The number of rotatable bonds is 8. The Morgan fingerprint density at radius 3 is 2.43 bits per heavy atom. The molecule has 0 aromatic heterocycles. The van der Waals surface area contributed by atoms with Crippen molar-refractivity contribution in [1.82, 2.24) is 15.1 Å². The third-order valence-corrected chi connectivity index (χ3v) is 7.42. The van der Waals surface area contributed by atoms with Crippen LogP contribution in [0.25, 0.3) is 0 Å². The van der Waals surface area contributed by atoms with E-state index in [1.54, 1.807) is 18.9 Å². The second kappa shape index (κ2) is 11.4. The molecule has 7 heteroatoms. The van der Waals surface area contributed by atoms with E-state index < -0.39 is 0 Å². The molecule has 1 saturated heterocycles. The Kier molecular flexibility index (Phi) is 8.96. The van der Waals surface area contributed by atoms with Gasteiger partial charge in [-0.25, -0.2) is 0 Å². The summed E-state index contributed by atoms with van der Waals surface area (Å²) in [5.74, 6) is 0.728. The van der Waals surface area contributed by atoms with Gasteiger partial charge in [0.05, 0.1) is 6.61 Å². The normalized spacial score (nSPS) is 30.6. The fourth-order valence-electron chi connectivity index (χ4n) is 5.57. The maximum absolute atomic E-state index is 13.1. The molecule has 0 radical (unpaired) electrons. The number of hydrogen-bond donors (Lipinski definition) is 2. The van der Waals surface area contributed by atoms with Gasteiger partial charge in [0.15, 0.2) is 0 Å². The predicted molar refractivity (Wildman–Crippen MR) is 118 cm³/mol. The molecule has 172 valence electrons. The molecule has 2 amide bonds. The minimum absolute atomic E-state index is 0.00678. The van der Waals surface area contributed by atoms with E-state index in [-0.39, 0.29) is 36.0 Å². The summed E-state index contributed by atoms with van der Waals surface area (Å²) in [5, 5.41) is 3.22. The fourth-order valence-corrected chi connectivity index (χ4v) is 5.57. The van der Waals surface area contributed by atoms with E-state index in [0.29, 0.717) is 19.6 Å². The predicted octanol–water partition coefficient (Wildman–Crippen LogP) is 1.89. The highest BCUT2D eigenvalue weighted by atomic mass is 16.5. The van der Waals surface area contributed by atoms with E-state index in [9.17, 15) is 9.59 Å². The fraction of sp³-hybridized carbons (Fsp3) is 0.913. The summed E-state index contributed by atoms with van der Waals surface area (Å²) in [6, 6.07) is 0.315. The molecule has 2 saturated carbocycles. The van der Waals surface area contributed by atoms with E-state index in [2.05, 4.69) is 10.2 Å². The van der Waals surface area contributed by atoms with Gasteiger partial charge in [-0.1, -0.05) is 19.3 Å². The monoisotopic (exact) mass is 422 g/mol. The Morgan fingerprint density at radius 2 is 1.80 bits per heavy atom. The number of carbonyl (C=O) groups is 2. The van der Waals surface area contributed by atoms with Crippen molar-refractivity contribution in [3.63, 3.8) is 0 Å². The minimum Gasteiger partial charge on any atom is -0.383 e. The second-order valence-electron chi connectivity index (χ2n) is 9.69. The number of ether oxygens (including phenoxy) is 1. The smallest absolute Gasteiger partial charge is 0.243 e. The number of hydrogen-bond acceptors (Lipinski definition) is 5. The van der Waals surface area contributed by atoms with Crippen molar-refractivity contribution in [3.05, 3.63) is 0 Å². The molecule has 3 N–H and O–H groups in total. The molecule has 2 aliphatic carbocycles. The summed E-state index contributed by atoms with van der Waals surface area (Å²) in [7, 11) is 1.74. The summed E-state index contributed by atoms with van der Waals surface area (Å²) in [5.41, 5.74) is 6.00. The topological polar surface area (TPSA) is 87.9 Å². The molecule has 3 aliphatic rings. The second-order valence-corrected chi connectivity index (χ2v) is 9.69. The maximum atomic E-state index is 13.1. The molecule has 30 heavy (non-hydrogen) atoms. The zero-order chi connectivity index (χ0) is 21.5. The van der Waals surface area contributed by atoms with Gasteiger partial charge in [0.1, 0.15) is 6.04 Å². The van der Waals surface area contributed by atoms with Crippen LogP contribution in [0.4, 0.5) is 0 Å². The van der Waals surface area contributed by atoms with Gasteiger partial charge in [-0.15, -0.1) is 0 Å². The van der Waals surface area contributed by atoms with Crippen molar-refractivity contribution in [3.8, 4) is 0 Å². The van der Waals surface area contributed by atoms with Crippen LogP contribution in [0.15, 0.2) is 0 Å². The lowest BCUT2D eigenvalue weighted by Gasteiger charge is -2.33. The summed E-state index contributed by atoms with van der Waals surface area (Å²) in [6.07, 6.45) is 11.1. The Morgan fingerprint density at radius 1 is 1.10 bits per heavy atom. The highest BCUT2D eigenvalue weighted by molar-refractivity contribution is 5.87. The highest BCUT2D eigenvalue weighted by Crippen LogP contribution is 2.29.